The van der Waals surface area contributed by atoms with Crippen molar-refractivity contribution in [2.75, 3.05) is 4.90 Å². The molecule has 0 aliphatic heterocycles. The zero-order chi connectivity index (χ0) is 40.3. The Morgan fingerprint density at radius 1 is 0.410 bits per heavy atom. The molecule has 0 saturated carbocycles. The number of allylic oxidation sites excluding steroid dienone is 4. The highest BCUT2D eigenvalue weighted by Crippen LogP contribution is 2.57. The third-order valence-electron chi connectivity index (χ3n) is 13.1. The van der Waals surface area contributed by atoms with Crippen LogP contribution in [0.15, 0.2) is 230 Å². The number of anilines is 2. The molecule has 1 heterocycles. The predicted octanol–water partition coefficient (Wildman–Crippen LogP) is 16.1. The summed E-state index contributed by atoms with van der Waals surface area (Å²) in [5.41, 5.74) is 16.1. The Morgan fingerprint density at radius 2 is 1.02 bits per heavy atom. The molecule has 2 aliphatic carbocycles. The van der Waals surface area contributed by atoms with Crippen molar-refractivity contribution in [3.8, 4) is 22.3 Å². The zero-order valence-electron chi connectivity index (χ0n) is 33.6. The molecule has 0 radical (unpaired) electrons. The molecule has 1 nitrogen and oxygen atoms in total. The number of rotatable bonds is 7. The number of fused-ring (bicyclic) bond motifs is 7. The van der Waals surface area contributed by atoms with Gasteiger partial charge in [0.25, 0.3) is 0 Å². The van der Waals surface area contributed by atoms with Crippen molar-refractivity contribution in [3.05, 3.63) is 258 Å². The Kier molecular flexibility index (Phi) is 8.47. The molecule has 10 aromatic rings. The van der Waals surface area contributed by atoms with Gasteiger partial charge in [0.05, 0.1) is 5.41 Å². The third kappa shape index (κ3) is 5.67. The fourth-order valence-electron chi connectivity index (χ4n) is 10.4. The van der Waals surface area contributed by atoms with Gasteiger partial charge in [0.1, 0.15) is 0 Å². The molecule has 0 fully saturated rings. The van der Waals surface area contributed by atoms with E-state index in [1.165, 1.54) is 104 Å². The van der Waals surface area contributed by atoms with Crippen molar-refractivity contribution in [3.63, 3.8) is 0 Å². The van der Waals surface area contributed by atoms with Gasteiger partial charge < -0.3 is 4.90 Å². The molecule has 12 rings (SSSR count). The van der Waals surface area contributed by atoms with Crippen molar-refractivity contribution >= 4 is 59.2 Å². The lowest BCUT2D eigenvalue weighted by Crippen LogP contribution is -2.29. The van der Waals surface area contributed by atoms with E-state index in [-0.39, 0.29) is 0 Å². The van der Waals surface area contributed by atoms with Crippen LogP contribution in [0.2, 0.25) is 0 Å². The first-order valence-electron chi connectivity index (χ1n) is 21.3. The van der Waals surface area contributed by atoms with Crippen molar-refractivity contribution < 1.29 is 0 Å². The maximum absolute atomic E-state index is 2.54. The monoisotopic (exact) mass is 795 g/mol. The van der Waals surface area contributed by atoms with Crippen LogP contribution >= 0.6 is 11.3 Å². The average molecular weight is 796 g/mol. The molecule has 0 amide bonds. The summed E-state index contributed by atoms with van der Waals surface area (Å²) in [5.74, 6) is 0. The van der Waals surface area contributed by atoms with Gasteiger partial charge in [-0.2, -0.15) is 0 Å². The van der Waals surface area contributed by atoms with Crippen LogP contribution in [0.5, 0.6) is 0 Å². The van der Waals surface area contributed by atoms with Crippen LogP contribution in [-0.2, 0) is 5.41 Å². The van der Waals surface area contributed by atoms with Gasteiger partial charge in [-0.25, -0.2) is 0 Å². The van der Waals surface area contributed by atoms with E-state index in [1.54, 1.807) is 0 Å². The largest absolute Gasteiger partial charge is 0.314 e. The van der Waals surface area contributed by atoms with E-state index in [4.69, 9.17) is 0 Å². The van der Waals surface area contributed by atoms with Crippen LogP contribution in [0.1, 0.15) is 40.7 Å². The first-order chi connectivity index (χ1) is 30.3. The van der Waals surface area contributed by atoms with Crippen molar-refractivity contribution in [1.82, 2.24) is 0 Å². The molecule has 0 bridgehead atoms. The van der Waals surface area contributed by atoms with Gasteiger partial charge in [0.2, 0.25) is 0 Å². The van der Waals surface area contributed by atoms with Crippen molar-refractivity contribution in [1.29, 1.82) is 0 Å². The summed E-state index contributed by atoms with van der Waals surface area (Å²) in [7, 11) is 0. The highest BCUT2D eigenvalue weighted by atomic mass is 32.1. The molecule has 0 saturated heterocycles. The Morgan fingerprint density at radius 3 is 1.79 bits per heavy atom. The number of hydrogen-bond acceptors (Lipinski definition) is 2. The molecule has 61 heavy (non-hydrogen) atoms. The summed E-state index contributed by atoms with van der Waals surface area (Å²) >= 11 is 1.87. The molecule has 0 atom stereocenters. The molecule has 2 heteroatoms. The molecule has 2 aliphatic rings. The summed E-state index contributed by atoms with van der Waals surface area (Å²) < 4.78 is 2.63. The topological polar surface area (TPSA) is 3.24 Å². The number of hydrogen-bond donors (Lipinski definition) is 0. The van der Waals surface area contributed by atoms with Gasteiger partial charge >= 0.3 is 0 Å². The molecule has 0 spiro atoms. The maximum atomic E-state index is 2.54. The number of thiophene rings is 1. The maximum Gasteiger partial charge on any atom is 0.0714 e. The van der Waals surface area contributed by atoms with E-state index in [0.717, 1.165) is 12.8 Å². The van der Waals surface area contributed by atoms with E-state index in [2.05, 4.69) is 229 Å². The SMILES string of the molecule is C1=C(c2ccc3ccccc3c2-c2ccccc2)CCC(N(c2ccc3c(c2)C(c2ccccc2)(c2ccccc2)c2ccccc2-3)c2ccc3sc4ccccc4c3c2)=C1. The summed E-state index contributed by atoms with van der Waals surface area (Å²) in [6, 6.07) is 78.8. The quantitative estimate of drug-likeness (QED) is 0.155. The fourth-order valence-corrected chi connectivity index (χ4v) is 11.5. The molecule has 1 aromatic heterocycles. The van der Waals surface area contributed by atoms with Crippen LogP contribution < -0.4 is 4.90 Å². The average Bonchev–Trinajstić information content (AvgIpc) is 3.86. The number of nitrogens with zero attached hydrogens (tertiary/aromatic N) is 1. The van der Waals surface area contributed by atoms with E-state index in [1.807, 2.05) is 11.3 Å². The first kappa shape index (κ1) is 35.7. The van der Waals surface area contributed by atoms with Gasteiger partial charge in [0, 0.05) is 37.2 Å². The van der Waals surface area contributed by atoms with Crippen LogP contribution in [0.25, 0.3) is 58.8 Å². The van der Waals surface area contributed by atoms with E-state index < -0.39 is 5.41 Å². The minimum Gasteiger partial charge on any atom is -0.314 e. The molecule has 0 N–H and O–H groups in total. The summed E-state index contributed by atoms with van der Waals surface area (Å²) in [6.45, 7) is 0. The minimum absolute atomic E-state index is 0.485. The molecule has 0 unspecified atom stereocenters. The van der Waals surface area contributed by atoms with Gasteiger partial charge in [-0.15, -0.1) is 11.3 Å². The molecule has 9 aromatic carbocycles. The lowest BCUT2D eigenvalue weighted by molar-refractivity contribution is 0.768. The Bertz CT molecular complexity index is 3320. The van der Waals surface area contributed by atoms with Gasteiger partial charge in [-0.3, -0.25) is 0 Å². The Balaban J connectivity index is 1.07. The second-order valence-corrected chi connectivity index (χ2v) is 17.4. The van der Waals surface area contributed by atoms with Crippen molar-refractivity contribution in [2.24, 2.45) is 0 Å². The van der Waals surface area contributed by atoms with E-state index in [9.17, 15) is 0 Å². The van der Waals surface area contributed by atoms with Crippen molar-refractivity contribution in [2.45, 2.75) is 18.3 Å². The zero-order valence-corrected chi connectivity index (χ0v) is 34.4. The normalized spacial score (nSPS) is 14.1. The van der Waals surface area contributed by atoms with E-state index in [0.29, 0.717) is 0 Å². The first-order valence-corrected chi connectivity index (χ1v) is 22.1. The second-order valence-electron chi connectivity index (χ2n) is 16.3. The minimum atomic E-state index is -0.485. The smallest absolute Gasteiger partial charge is 0.0714 e. The lowest BCUT2D eigenvalue weighted by atomic mass is 9.67. The number of benzene rings is 9. The molecule has 288 valence electrons. The van der Waals surface area contributed by atoms with Crippen LogP contribution in [0.3, 0.4) is 0 Å². The van der Waals surface area contributed by atoms with Gasteiger partial charge in [0.15, 0.2) is 0 Å². The standard InChI is InChI=1S/C59H41NS/c1-4-17-42(18-5-1)58-48-23-11-10-16-40(48)30-35-49(58)41-28-31-45(32-29-41)60(46-34-37-57-53(38-46)52-25-13-15-27-56(52)61-57)47-33-36-51-50-24-12-14-26-54(50)59(55(51)39-47,43-19-6-2-7-20-43)44-21-8-3-9-22-44/h1-28,30-31,33-39H,29,32H2. The summed E-state index contributed by atoms with van der Waals surface area (Å²) in [4.78, 5) is 2.54. The van der Waals surface area contributed by atoms with Crippen LogP contribution in [0.4, 0.5) is 11.4 Å². The second kappa shape index (κ2) is 14.5. The highest BCUT2D eigenvalue weighted by Gasteiger charge is 2.46. The Labute approximate surface area is 360 Å². The summed E-state index contributed by atoms with van der Waals surface area (Å²) in [6.07, 6.45) is 6.61. The highest BCUT2D eigenvalue weighted by molar-refractivity contribution is 7.25. The molecular formula is C59H41NS. The van der Waals surface area contributed by atoms with Crippen LogP contribution in [0, 0.1) is 0 Å². The summed E-state index contributed by atoms with van der Waals surface area (Å²) in [5, 5.41) is 5.17. The third-order valence-corrected chi connectivity index (χ3v) is 14.2. The van der Waals surface area contributed by atoms with Crippen LogP contribution in [-0.4, -0.2) is 0 Å². The fraction of sp³-hybridized carbons (Fsp3) is 0.0508. The Hall–Kier alpha value is -7.26. The molecular weight excluding hydrogens is 755 g/mol. The predicted molar refractivity (Wildman–Crippen MR) is 260 cm³/mol. The van der Waals surface area contributed by atoms with E-state index >= 15 is 0 Å². The lowest BCUT2D eigenvalue weighted by Gasteiger charge is -2.35. The van der Waals surface area contributed by atoms with Gasteiger partial charge in [-0.1, -0.05) is 182 Å². The van der Waals surface area contributed by atoms with Gasteiger partial charge in [-0.05, 0) is 122 Å².